The van der Waals surface area contributed by atoms with E-state index in [-0.39, 0.29) is 0 Å². The molecule has 1 fully saturated rings. The van der Waals surface area contributed by atoms with Gasteiger partial charge in [0.15, 0.2) is 11.5 Å². The predicted octanol–water partition coefficient (Wildman–Crippen LogP) is 1.33. The van der Waals surface area contributed by atoms with Gasteiger partial charge in [-0.05, 0) is 26.0 Å². The molecule has 0 unspecified atom stereocenters. The molecule has 1 saturated carbocycles. The summed E-state index contributed by atoms with van der Waals surface area (Å²) in [7, 11) is 1.95. The van der Waals surface area contributed by atoms with Gasteiger partial charge in [0, 0.05) is 24.2 Å². The molecule has 0 spiro atoms. The first-order valence-electron chi connectivity index (χ1n) is 5.37. The number of nitrogens with one attached hydrogen (secondary N) is 1. The van der Waals surface area contributed by atoms with Gasteiger partial charge in [-0.2, -0.15) is 5.10 Å². The SMILES string of the molecule is CNCc1cccn2nc(C3CC3)nc12. The van der Waals surface area contributed by atoms with Gasteiger partial charge in [-0.25, -0.2) is 9.50 Å². The number of fused-ring (bicyclic) bond motifs is 1. The van der Waals surface area contributed by atoms with Gasteiger partial charge in [-0.15, -0.1) is 0 Å². The first-order valence-corrected chi connectivity index (χ1v) is 5.37. The Bertz CT molecular complexity index is 484. The van der Waals surface area contributed by atoms with E-state index in [1.165, 1.54) is 18.4 Å². The maximum atomic E-state index is 4.61. The highest BCUT2D eigenvalue weighted by atomic mass is 15.3. The first kappa shape index (κ1) is 8.85. The summed E-state index contributed by atoms with van der Waals surface area (Å²) in [5, 5.41) is 7.64. The third-order valence-corrected chi connectivity index (χ3v) is 2.77. The van der Waals surface area contributed by atoms with Crippen LogP contribution in [-0.2, 0) is 6.54 Å². The number of rotatable bonds is 3. The number of pyridine rings is 1. The van der Waals surface area contributed by atoms with Crippen molar-refractivity contribution in [2.24, 2.45) is 0 Å². The third kappa shape index (κ3) is 1.51. The minimum absolute atomic E-state index is 0.618. The molecule has 0 aliphatic heterocycles. The van der Waals surface area contributed by atoms with Gasteiger partial charge in [0.1, 0.15) is 0 Å². The fraction of sp³-hybridized carbons (Fsp3) is 0.455. The van der Waals surface area contributed by atoms with Crippen LogP contribution >= 0.6 is 0 Å². The van der Waals surface area contributed by atoms with Crippen LogP contribution in [0, 0.1) is 0 Å². The van der Waals surface area contributed by atoms with Crippen molar-refractivity contribution in [1.29, 1.82) is 0 Å². The van der Waals surface area contributed by atoms with Crippen molar-refractivity contribution in [2.75, 3.05) is 7.05 Å². The molecule has 4 heteroatoms. The van der Waals surface area contributed by atoms with Crippen LogP contribution in [0.1, 0.15) is 30.1 Å². The van der Waals surface area contributed by atoms with E-state index in [1.54, 1.807) is 0 Å². The Hall–Kier alpha value is -1.42. The van der Waals surface area contributed by atoms with Crippen LogP contribution in [0.25, 0.3) is 5.65 Å². The predicted molar refractivity (Wildman–Crippen MR) is 57.7 cm³/mol. The molecule has 2 aromatic rings. The topological polar surface area (TPSA) is 42.2 Å². The molecule has 0 bridgehead atoms. The Labute approximate surface area is 88.3 Å². The van der Waals surface area contributed by atoms with Crippen LogP contribution in [0.15, 0.2) is 18.3 Å². The Balaban J connectivity index is 2.11. The van der Waals surface area contributed by atoms with E-state index in [0.29, 0.717) is 5.92 Å². The molecule has 3 rings (SSSR count). The summed E-state index contributed by atoms with van der Waals surface area (Å²) in [6.07, 6.45) is 4.46. The van der Waals surface area contributed by atoms with Crippen LogP contribution in [0.4, 0.5) is 0 Å². The van der Waals surface area contributed by atoms with Crippen molar-refractivity contribution in [3.63, 3.8) is 0 Å². The standard InChI is InChI=1S/C11H14N4/c1-12-7-9-3-2-6-15-11(9)13-10(14-15)8-4-5-8/h2-3,6,8,12H,4-5,7H2,1H3. The third-order valence-electron chi connectivity index (χ3n) is 2.77. The van der Waals surface area contributed by atoms with Crippen molar-refractivity contribution in [2.45, 2.75) is 25.3 Å². The summed E-state index contributed by atoms with van der Waals surface area (Å²) in [4.78, 5) is 4.61. The van der Waals surface area contributed by atoms with Crippen LogP contribution in [0.3, 0.4) is 0 Å². The van der Waals surface area contributed by atoms with Crippen molar-refractivity contribution >= 4 is 5.65 Å². The summed E-state index contributed by atoms with van der Waals surface area (Å²) >= 11 is 0. The molecular weight excluding hydrogens is 188 g/mol. The minimum Gasteiger partial charge on any atom is -0.316 e. The summed E-state index contributed by atoms with van der Waals surface area (Å²) in [5.74, 6) is 1.63. The number of nitrogens with zero attached hydrogens (tertiary/aromatic N) is 3. The van der Waals surface area contributed by atoms with E-state index in [1.807, 2.05) is 23.8 Å². The molecule has 0 radical (unpaired) electrons. The second-order valence-electron chi connectivity index (χ2n) is 4.08. The average molecular weight is 202 g/mol. The molecule has 0 atom stereocenters. The van der Waals surface area contributed by atoms with Crippen molar-refractivity contribution in [3.05, 3.63) is 29.7 Å². The van der Waals surface area contributed by atoms with E-state index in [4.69, 9.17) is 0 Å². The van der Waals surface area contributed by atoms with Crippen LogP contribution in [-0.4, -0.2) is 21.6 Å². The molecule has 0 amide bonds. The van der Waals surface area contributed by atoms with Gasteiger partial charge in [-0.1, -0.05) is 6.07 Å². The van der Waals surface area contributed by atoms with Crippen LogP contribution < -0.4 is 5.32 Å². The molecular formula is C11H14N4. The highest BCUT2D eigenvalue weighted by molar-refractivity contribution is 5.47. The van der Waals surface area contributed by atoms with Gasteiger partial charge in [0.2, 0.25) is 0 Å². The number of hydrogen-bond donors (Lipinski definition) is 1. The summed E-state index contributed by atoms with van der Waals surface area (Å²) < 4.78 is 1.89. The first-order chi connectivity index (χ1) is 7.38. The van der Waals surface area contributed by atoms with Crippen molar-refractivity contribution in [1.82, 2.24) is 19.9 Å². The van der Waals surface area contributed by atoms with Crippen LogP contribution in [0.5, 0.6) is 0 Å². The average Bonchev–Trinajstić information content (AvgIpc) is 2.99. The number of aromatic nitrogens is 3. The second-order valence-corrected chi connectivity index (χ2v) is 4.08. The lowest BCUT2D eigenvalue weighted by atomic mass is 10.2. The quantitative estimate of drug-likeness (QED) is 0.816. The molecule has 1 N–H and O–H groups in total. The van der Waals surface area contributed by atoms with E-state index in [2.05, 4.69) is 21.5 Å². The van der Waals surface area contributed by atoms with E-state index in [0.717, 1.165) is 18.0 Å². The lowest BCUT2D eigenvalue weighted by Crippen LogP contribution is -2.06. The molecule has 1 aliphatic rings. The highest BCUT2D eigenvalue weighted by Crippen LogP contribution is 2.38. The summed E-state index contributed by atoms with van der Waals surface area (Å²) in [6, 6.07) is 4.11. The molecule has 78 valence electrons. The molecule has 1 aliphatic carbocycles. The monoisotopic (exact) mass is 202 g/mol. The minimum atomic E-state index is 0.618. The molecule has 0 saturated heterocycles. The van der Waals surface area contributed by atoms with Gasteiger partial charge in [0.05, 0.1) is 0 Å². The van der Waals surface area contributed by atoms with E-state index < -0.39 is 0 Å². The van der Waals surface area contributed by atoms with E-state index in [9.17, 15) is 0 Å². The highest BCUT2D eigenvalue weighted by Gasteiger charge is 2.28. The Kier molecular flexibility index (Phi) is 1.95. The molecule has 0 aromatic carbocycles. The fourth-order valence-corrected chi connectivity index (χ4v) is 1.82. The maximum Gasteiger partial charge on any atom is 0.160 e. The molecule has 15 heavy (non-hydrogen) atoms. The second kappa shape index (κ2) is 3.31. The molecule has 2 heterocycles. The Morgan fingerprint density at radius 2 is 2.40 bits per heavy atom. The Morgan fingerprint density at radius 3 is 3.13 bits per heavy atom. The zero-order valence-corrected chi connectivity index (χ0v) is 8.77. The summed E-state index contributed by atoms with van der Waals surface area (Å²) in [5.41, 5.74) is 2.20. The fourth-order valence-electron chi connectivity index (χ4n) is 1.82. The summed E-state index contributed by atoms with van der Waals surface area (Å²) in [6.45, 7) is 0.840. The Morgan fingerprint density at radius 1 is 1.53 bits per heavy atom. The van der Waals surface area contributed by atoms with Gasteiger partial charge in [-0.3, -0.25) is 0 Å². The van der Waals surface area contributed by atoms with Gasteiger partial charge in [0.25, 0.3) is 0 Å². The lowest BCUT2D eigenvalue weighted by Gasteiger charge is -1.99. The van der Waals surface area contributed by atoms with Crippen molar-refractivity contribution < 1.29 is 0 Å². The maximum absolute atomic E-state index is 4.61. The number of hydrogen-bond acceptors (Lipinski definition) is 3. The normalized spacial score (nSPS) is 16.1. The van der Waals surface area contributed by atoms with Crippen LogP contribution in [0.2, 0.25) is 0 Å². The van der Waals surface area contributed by atoms with Crippen molar-refractivity contribution in [3.8, 4) is 0 Å². The molecule has 2 aromatic heterocycles. The zero-order chi connectivity index (χ0) is 10.3. The largest absolute Gasteiger partial charge is 0.316 e. The van der Waals surface area contributed by atoms with Gasteiger partial charge >= 0.3 is 0 Å². The van der Waals surface area contributed by atoms with Gasteiger partial charge < -0.3 is 5.32 Å². The smallest absolute Gasteiger partial charge is 0.160 e. The molecule has 4 nitrogen and oxygen atoms in total. The van der Waals surface area contributed by atoms with E-state index >= 15 is 0 Å². The lowest BCUT2D eigenvalue weighted by molar-refractivity contribution is 0.811. The zero-order valence-electron chi connectivity index (χ0n) is 8.77.